The molecule has 1 aliphatic rings. The maximum atomic E-state index is 12.4. The largest absolute Gasteiger partial charge is 0.354 e. The predicted molar refractivity (Wildman–Crippen MR) is 97.3 cm³/mol. The molecule has 1 heterocycles. The second kappa shape index (κ2) is 8.49. The van der Waals surface area contributed by atoms with Crippen LogP contribution >= 0.6 is 11.6 Å². The number of rotatable bonds is 7. The quantitative estimate of drug-likeness (QED) is 0.821. The van der Waals surface area contributed by atoms with E-state index in [1.807, 2.05) is 12.1 Å². The number of likely N-dealkylation sites (N-methyl/N-ethyl adjacent to an activating group) is 1. The number of carbonyl (C=O) groups is 2. The van der Waals surface area contributed by atoms with E-state index in [4.69, 9.17) is 11.6 Å². The van der Waals surface area contributed by atoms with Gasteiger partial charge in [-0.05, 0) is 44.3 Å². The summed E-state index contributed by atoms with van der Waals surface area (Å²) in [4.78, 5) is 28.6. The average molecular weight is 352 g/mol. The topological polar surface area (TPSA) is 52.7 Å². The van der Waals surface area contributed by atoms with Gasteiger partial charge in [-0.15, -0.1) is 0 Å². The molecule has 0 bridgehead atoms. The van der Waals surface area contributed by atoms with Crippen LogP contribution in [0.2, 0.25) is 5.02 Å². The number of carbonyl (C=O) groups excluding carboxylic acids is 2. The Balaban J connectivity index is 1.90. The Bertz CT molecular complexity index is 572. The van der Waals surface area contributed by atoms with Gasteiger partial charge in [0.1, 0.15) is 0 Å². The molecule has 2 unspecified atom stereocenters. The highest BCUT2D eigenvalue weighted by atomic mass is 35.5. The number of nitrogens with zero attached hydrogens (tertiary/aromatic N) is 2. The zero-order valence-corrected chi connectivity index (χ0v) is 15.3. The maximum Gasteiger partial charge on any atom is 0.227 e. The van der Waals surface area contributed by atoms with E-state index in [9.17, 15) is 9.59 Å². The zero-order valence-electron chi connectivity index (χ0n) is 14.6. The minimum absolute atomic E-state index is 0.0192. The molecule has 132 valence electrons. The molecule has 0 spiro atoms. The van der Waals surface area contributed by atoms with Gasteiger partial charge in [-0.25, -0.2) is 0 Å². The molecule has 0 aromatic heterocycles. The molecule has 1 aromatic rings. The Hall–Kier alpha value is -1.59. The third-order valence-corrected chi connectivity index (χ3v) is 4.89. The summed E-state index contributed by atoms with van der Waals surface area (Å²) < 4.78 is 0. The molecule has 1 fully saturated rings. The van der Waals surface area contributed by atoms with E-state index in [0.717, 1.165) is 18.8 Å². The normalized spacial score (nSPS) is 19.0. The standard InChI is InChI=1S/C18H26ClN3O2/c1-4-21(5-2)13(3)11-20-18(24)14-10-17(23)22(12-14)16-8-6-15(19)7-9-16/h6-9,13-14H,4-5,10-12H2,1-3H3,(H,20,24). The molecule has 1 aromatic carbocycles. The molecule has 2 atom stereocenters. The van der Waals surface area contributed by atoms with Crippen molar-refractivity contribution in [1.29, 1.82) is 0 Å². The summed E-state index contributed by atoms with van der Waals surface area (Å²) in [6, 6.07) is 7.41. The minimum Gasteiger partial charge on any atom is -0.354 e. The number of anilines is 1. The van der Waals surface area contributed by atoms with Gasteiger partial charge in [0.25, 0.3) is 0 Å². The van der Waals surface area contributed by atoms with Gasteiger partial charge in [0.2, 0.25) is 11.8 Å². The summed E-state index contributed by atoms with van der Waals surface area (Å²) in [6.07, 6.45) is 0.258. The summed E-state index contributed by atoms with van der Waals surface area (Å²) in [5.41, 5.74) is 0.788. The molecule has 0 saturated carbocycles. The van der Waals surface area contributed by atoms with E-state index in [1.165, 1.54) is 0 Å². The molecule has 1 saturated heterocycles. The van der Waals surface area contributed by atoms with Gasteiger partial charge in [-0.1, -0.05) is 25.4 Å². The smallest absolute Gasteiger partial charge is 0.227 e. The molecule has 5 nitrogen and oxygen atoms in total. The van der Waals surface area contributed by atoms with Crippen molar-refractivity contribution in [2.75, 3.05) is 31.1 Å². The van der Waals surface area contributed by atoms with Crippen molar-refractivity contribution in [2.45, 2.75) is 33.2 Å². The number of nitrogens with one attached hydrogen (secondary N) is 1. The van der Waals surface area contributed by atoms with Crippen molar-refractivity contribution in [3.05, 3.63) is 29.3 Å². The molecule has 0 aliphatic carbocycles. The number of amides is 2. The maximum absolute atomic E-state index is 12.4. The van der Waals surface area contributed by atoms with E-state index >= 15 is 0 Å². The fraction of sp³-hybridized carbons (Fsp3) is 0.556. The van der Waals surface area contributed by atoms with Crippen LogP contribution in [0.3, 0.4) is 0 Å². The first-order chi connectivity index (χ1) is 11.5. The lowest BCUT2D eigenvalue weighted by atomic mass is 10.1. The van der Waals surface area contributed by atoms with Crippen LogP contribution in [0.4, 0.5) is 5.69 Å². The van der Waals surface area contributed by atoms with Gasteiger partial charge in [-0.3, -0.25) is 14.5 Å². The second-order valence-electron chi connectivity index (χ2n) is 6.20. The van der Waals surface area contributed by atoms with Crippen LogP contribution < -0.4 is 10.2 Å². The number of benzene rings is 1. The first-order valence-electron chi connectivity index (χ1n) is 8.53. The summed E-state index contributed by atoms with van der Waals surface area (Å²) in [5.74, 6) is -0.356. The number of halogens is 1. The van der Waals surface area contributed by atoms with E-state index in [1.54, 1.807) is 17.0 Å². The van der Waals surface area contributed by atoms with Crippen molar-refractivity contribution >= 4 is 29.1 Å². The summed E-state index contributed by atoms with van der Waals surface area (Å²) in [5, 5.41) is 3.62. The lowest BCUT2D eigenvalue weighted by Gasteiger charge is -2.26. The van der Waals surface area contributed by atoms with Crippen LogP contribution in [-0.4, -0.2) is 48.9 Å². The first kappa shape index (κ1) is 18.7. The van der Waals surface area contributed by atoms with Crippen molar-refractivity contribution in [3.8, 4) is 0 Å². The fourth-order valence-corrected chi connectivity index (χ4v) is 3.25. The fourth-order valence-electron chi connectivity index (χ4n) is 3.12. The van der Waals surface area contributed by atoms with E-state index in [0.29, 0.717) is 18.1 Å². The Morgan fingerprint density at radius 2 is 1.96 bits per heavy atom. The summed E-state index contributed by atoms with van der Waals surface area (Å²) in [7, 11) is 0. The minimum atomic E-state index is -0.294. The van der Waals surface area contributed by atoms with Crippen LogP contribution in [0.25, 0.3) is 0 Å². The monoisotopic (exact) mass is 351 g/mol. The van der Waals surface area contributed by atoms with Crippen molar-refractivity contribution in [2.24, 2.45) is 5.92 Å². The Morgan fingerprint density at radius 1 is 1.33 bits per heavy atom. The van der Waals surface area contributed by atoms with Crippen LogP contribution in [0.5, 0.6) is 0 Å². The summed E-state index contributed by atoms with van der Waals surface area (Å²) >= 11 is 5.88. The highest BCUT2D eigenvalue weighted by molar-refractivity contribution is 6.30. The van der Waals surface area contributed by atoms with Crippen molar-refractivity contribution in [3.63, 3.8) is 0 Å². The van der Waals surface area contributed by atoms with Crippen LogP contribution in [0, 0.1) is 5.92 Å². The molecule has 1 aliphatic heterocycles. The molecule has 2 rings (SSSR count). The van der Waals surface area contributed by atoms with Crippen molar-refractivity contribution < 1.29 is 9.59 Å². The molecule has 6 heteroatoms. The van der Waals surface area contributed by atoms with E-state index in [2.05, 4.69) is 31.0 Å². The predicted octanol–water partition coefficient (Wildman–Crippen LogP) is 2.54. The zero-order chi connectivity index (χ0) is 17.7. The second-order valence-corrected chi connectivity index (χ2v) is 6.63. The lowest BCUT2D eigenvalue weighted by Crippen LogP contribution is -2.44. The van der Waals surface area contributed by atoms with Gasteiger partial charge in [0, 0.05) is 36.3 Å². The van der Waals surface area contributed by atoms with Crippen molar-refractivity contribution in [1.82, 2.24) is 10.2 Å². The Labute approximate surface area is 149 Å². The SMILES string of the molecule is CCN(CC)C(C)CNC(=O)C1CC(=O)N(c2ccc(Cl)cc2)C1. The van der Waals surface area contributed by atoms with E-state index in [-0.39, 0.29) is 30.2 Å². The van der Waals surface area contributed by atoms with Gasteiger partial charge in [0.15, 0.2) is 0 Å². The van der Waals surface area contributed by atoms with Gasteiger partial charge >= 0.3 is 0 Å². The third-order valence-electron chi connectivity index (χ3n) is 4.64. The molecular formula is C18H26ClN3O2. The van der Waals surface area contributed by atoms with Gasteiger partial charge in [0.05, 0.1) is 5.92 Å². The molecule has 24 heavy (non-hydrogen) atoms. The highest BCUT2D eigenvalue weighted by Gasteiger charge is 2.35. The first-order valence-corrected chi connectivity index (χ1v) is 8.91. The van der Waals surface area contributed by atoms with E-state index < -0.39 is 0 Å². The Kier molecular flexibility index (Phi) is 6.63. The van der Waals surface area contributed by atoms with Gasteiger partial charge in [-0.2, -0.15) is 0 Å². The Morgan fingerprint density at radius 3 is 2.54 bits per heavy atom. The van der Waals surface area contributed by atoms with Crippen LogP contribution in [-0.2, 0) is 9.59 Å². The number of hydrogen-bond acceptors (Lipinski definition) is 3. The van der Waals surface area contributed by atoms with Gasteiger partial charge < -0.3 is 10.2 Å². The highest BCUT2D eigenvalue weighted by Crippen LogP contribution is 2.26. The van der Waals surface area contributed by atoms with Crippen LogP contribution in [0.15, 0.2) is 24.3 Å². The average Bonchev–Trinajstić information content (AvgIpc) is 2.96. The summed E-state index contributed by atoms with van der Waals surface area (Å²) in [6.45, 7) is 9.27. The number of hydrogen-bond donors (Lipinski definition) is 1. The lowest BCUT2D eigenvalue weighted by molar-refractivity contribution is -0.126. The molecular weight excluding hydrogens is 326 g/mol. The molecule has 1 N–H and O–H groups in total. The van der Waals surface area contributed by atoms with Crippen LogP contribution in [0.1, 0.15) is 27.2 Å². The molecule has 0 radical (unpaired) electrons. The third kappa shape index (κ3) is 4.48. The molecule has 2 amide bonds.